The van der Waals surface area contributed by atoms with Crippen LogP contribution in [-0.4, -0.2) is 56.5 Å². The average Bonchev–Trinajstić information content (AvgIpc) is 2.69. The largest absolute Gasteiger partial charge is 0.497 e. The number of halogens is 1. The predicted octanol–water partition coefficient (Wildman–Crippen LogP) is 2.34. The van der Waals surface area contributed by atoms with Crippen molar-refractivity contribution in [2.75, 3.05) is 33.8 Å². The van der Waals surface area contributed by atoms with E-state index in [2.05, 4.69) is 27.8 Å². The van der Waals surface area contributed by atoms with Gasteiger partial charge < -0.3 is 15.4 Å². The van der Waals surface area contributed by atoms with Crippen molar-refractivity contribution in [3.05, 3.63) is 29.8 Å². The van der Waals surface area contributed by atoms with Gasteiger partial charge in [-0.1, -0.05) is 12.1 Å². The Morgan fingerprint density at radius 1 is 1.07 bits per heavy atom. The fraction of sp³-hybridized carbons (Fsp3) is 0.550. The van der Waals surface area contributed by atoms with Crippen LogP contribution in [0.1, 0.15) is 37.7 Å². The summed E-state index contributed by atoms with van der Waals surface area (Å²) < 4.78 is 5.16. The van der Waals surface area contributed by atoms with Gasteiger partial charge >= 0.3 is 0 Å². The fourth-order valence-corrected chi connectivity index (χ4v) is 3.01. The summed E-state index contributed by atoms with van der Waals surface area (Å²) in [6, 6.07) is 8.15. The van der Waals surface area contributed by atoms with Crippen LogP contribution in [0.3, 0.4) is 0 Å². The number of methoxy groups -OCH3 is 1. The summed E-state index contributed by atoms with van der Waals surface area (Å²) in [5.41, 5.74) is 1.30. The number of benzene rings is 1. The maximum absolute atomic E-state index is 11.8. The normalized spacial score (nSPS) is 14.5. The van der Waals surface area contributed by atoms with Gasteiger partial charge in [0.1, 0.15) is 5.75 Å². The van der Waals surface area contributed by atoms with E-state index >= 15 is 0 Å². The SMILES string of the molecule is CN=C(NCCCCc1ccc(OC)cc1)NCCN1C(=O)CCCC1=O.I. The smallest absolute Gasteiger partial charge is 0.229 e. The maximum Gasteiger partial charge on any atom is 0.229 e. The van der Waals surface area contributed by atoms with E-state index in [0.717, 1.165) is 31.6 Å². The Labute approximate surface area is 184 Å². The molecule has 0 aromatic heterocycles. The highest BCUT2D eigenvalue weighted by atomic mass is 127. The fourth-order valence-electron chi connectivity index (χ4n) is 3.01. The first-order chi connectivity index (χ1) is 13.1. The molecule has 1 saturated heterocycles. The second-order valence-corrected chi connectivity index (χ2v) is 6.52. The Bertz CT molecular complexity index is 633. The summed E-state index contributed by atoms with van der Waals surface area (Å²) in [7, 11) is 3.38. The molecule has 0 unspecified atom stereocenters. The van der Waals surface area contributed by atoms with Gasteiger partial charge in [-0.2, -0.15) is 0 Å². The van der Waals surface area contributed by atoms with Gasteiger partial charge in [0.15, 0.2) is 5.96 Å². The first kappa shape index (κ1) is 24.2. The molecule has 0 radical (unpaired) electrons. The highest BCUT2D eigenvalue weighted by Crippen LogP contribution is 2.13. The zero-order valence-corrected chi connectivity index (χ0v) is 19.0. The zero-order chi connectivity index (χ0) is 19.5. The lowest BCUT2D eigenvalue weighted by atomic mass is 10.1. The molecule has 0 saturated carbocycles. The topological polar surface area (TPSA) is 83.0 Å². The highest BCUT2D eigenvalue weighted by Gasteiger charge is 2.25. The van der Waals surface area contributed by atoms with E-state index in [1.54, 1.807) is 14.2 Å². The van der Waals surface area contributed by atoms with E-state index in [1.807, 2.05) is 12.1 Å². The molecule has 1 aliphatic heterocycles. The molecule has 1 fully saturated rings. The minimum absolute atomic E-state index is 0. The number of amides is 2. The molecule has 0 bridgehead atoms. The maximum atomic E-state index is 11.8. The molecule has 2 rings (SSSR count). The molecule has 0 spiro atoms. The number of unbranched alkanes of at least 4 members (excludes halogenated alkanes) is 1. The third-order valence-corrected chi connectivity index (χ3v) is 4.58. The molecule has 0 atom stereocenters. The summed E-state index contributed by atoms with van der Waals surface area (Å²) in [5.74, 6) is 1.42. The molecule has 8 heteroatoms. The van der Waals surface area contributed by atoms with Crippen LogP contribution in [0.4, 0.5) is 0 Å². The van der Waals surface area contributed by atoms with Gasteiger partial charge in [0.2, 0.25) is 11.8 Å². The standard InChI is InChI=1S/C20H30N4O3.HI/c1-21-20(23-14-15-24-18(25)7-5-8-19(24)26)22-13-4-3-6-16-9-11-17(27-2)12-10-16;/h9-12H,3-8,13-15H2,1-2H3,(H2,21,22,23);1H. The van der Waals surface area contributed by atoms with Crippen molar-refractivity contribution < 1.29 is 14.3 Å². The number of likely N-dealkylation sites (tertiary alicyclic amines) is 1. The Morgan fingerprint density at radius 3 is 2.32 bits per heavy atom. The summed E-state index contributed by atoms with van der Waals surface area (Å²) >= 11 is 0. The molecule has 156 valence electrons. The van der Waals surface area contributed by atoms with E-state index in [4.69, 9.17) is 4.74 Å². The van der Waals surface area contributed by atoms with Crippen molar-refractivity contribution in [2.45, 2.75) is 38.5 Å². The number of nitrogens with zero attached hydrogens (tertiary/aromatic N) is 2. The number of rotatable bonds is 9. The Morgan fingerprint density at radius 2 is 1.71 bits per heavy atom. The summed E-state index contributed by atoms with van der Waals surface area (Å²) in [5, 5.41) is 6.42. The molecular weight excluding hydrogens is 471 g/mol. The van der Waals surface area contributed by atoms with Crippen molar-refractivity contribution in [3.8, 4) is 5.75 Å². The van der Waals surface area contributed by atoms with Crippen molar-refractivity contribution in [3.63, 3.8) is 0 Å². The molecule has 1 heterocycles. The number of aryl methyl sites for hydroxylation is 1. The van der Waals surface area contributed by atoms with E-state index in [1.165, 1.54) is 10.5 Å². The van der Waals surface area contributed by atoms with Crippen molar-refractivity contribution in [1.82, 2.24) is 15.5 Å². The van der Waals surface area contributed by atoms with Gasteiger partial charge in [0, 0.05) is 39.5 Å². The third-order valence-electron chi connectivity index (χ3n) is 4.58. The van der Waals surface area contributed by atoms with Crippen LogP contribution < -0.4 is 15.4 Å². The number of guanidine groups is 1. The molecule has 2 amide bonds. The Hall–Kier alpha value is -1.84. The lowest BCUT2D eigenvalue weighted by molar-refractivity contribution is -0.147. The van der Waals surface area contributed by atoms with Crippen molar-refractivity contribution in [1.29, 1.82) is 0 Å². The van der Waals surface area contributed by atoms with Gasteiger partial charge in [-0.3, -0.25) is 19.5 Å². The lowest BCUT2D eigenvalue weighted by Gasteiger charge is -2.25. The van der Waals surface area contributed by atoms with Crippen LogP contribution in [0.5, 0.6) is 5.75 Å². The van der Waals surface area contributed by atoms with Gasteiger partial charge in [-0.25, -0.2) is 0 Å². The van der Waals surface area contributed by atoms with Crippen LogP contribution in [0.25, 0.3) is 0 Å². The van der Waals surface area contributed by atoms with Gasteiger partial charge in [0.25, 0.3) is 0 Å². The number of hydrogen-bond acceptors (Lipinski definition) is 4. The van der Waals surface area contributed by atoms with E-state index < -0.39 is 0 Å². The van der Waals surface area contributed by atoms with Crippen LogP contribution in [0, 0.1) is 0 Å². The molecule has 1 aliphatic rings. The molecule has 1 aromatic carbocycles. The van der Waals surface area contributed by atoms with Crippen LogP contribution in [-0.2, 0) is 16.0 Å². The van der Waals surface area contributed by atoms with E-state index in [-0.39, 0.29) is 35.8 Å². The zero-order valence-electron chi connectivity index (χ0n) is 16.7. The van der Waals surface area contributed by atoms with E-state index in [9.17, 15) is 9.59 Å². The molecule has 0 aliphatic carbocycles. The van der Waals surface area contributed by atoms with Crippen LogP contribution >= 0.6 is 24.0 Å². The number of ether oxygens (including phenoxy) is 1. The number of carbonyl (C=O) groups excluding carboxylic acids is 2. The number of aliphatic imine (C=N–C) groups is 1. The van der Waals surface area contributed by atoms with Crippen molar-refractivity contribution >= 4 is 41.8 Å². The Balaban J connectivity index is 0.00000392. The monoisotopic (exact) mass is 502 g/mol. The molecular formula is C20H31IN4O3. The minimum Gasteiger partial charge on any atom is -0.497 e. The van der Waals surface area contributed by atoms with Gasteiger partial charge in [-0.15, -0.1) is 24.0 Å². The van der Waals surface area contributed by atoms with Crippen LogP contribution in [0.15, 0.2) is 29.3 Å². The lowest BCUT2D eigenvalue weighted by Crippen LogP contribution is -2.46. The van der Waals surface area contributed by atoms with Gasteiger partial charge in [0.05, 0.1) is 7.11 Å². The number of carbonyl (C=O) groups is 2. The first-order valence-electron chi connectivity index (χ1n) is 9.54. The average molecular weight is 502 g/mol. The van der Waals surface area contributed by atoms with Crippen LogP contribution in [0.2, 0.25) is 0 Å². The number of nitrogens with one attached hydrogen (secondary N) is 2. The summed E-state index contributed by atoms with van der Waals surface area (Å²) in [6.07, 6.45) is 4.72. The molecule has 7 nitrogen and oxygen atoms in total. The first-order valence-corrected chi connectivity index (χ1v) is 9.54. The quantitative estimate of drug-likeness (QED) is 0.178. The van der Waals surface area contributed by atoms with E-state index in [0.29, 0.717) is 38.3 Å². The second kappa shape index (κ2) is 13.4. The number of piperidine rings is 1. The second-order valence-electron chi connectivity index (χ2n) is 6.52. The van der Waals surface area contributed by atoms with Crippen molar-refractivity contribution in [2.24, 2.45) is 4.99 Å². The third kappa shape index (κ3) is 8.04. The molecule has 2 N–H and O–H groups in total. The predicted molar refractivity (Wildman–Crippen MR) is 121 cm³/mol. The number of imide groups is 1. The molecule has 1 aromatic rings. The van der Waals surface area contributed by atoms with Gasteiger partial charge in [-0.05, 0) is 43.4 Å². The molecule has 28 heavy (non-hydrogen) atoms. The Kier molecular flexibility index (Phi) is 11.5. The summed E-state index contributed by atoms with van der Waals surface area (Å²) in [4.78, 5) is 29.1. The minimum atomic E-state index is -0.0745. The summed E-state index contributed by atoms with van der Waals surface area (Å²) in [6.45, 7) is 1.70. The number of hydrogen-bond donors (Lipinski definition) is 2. The highest BCUT2D eigenvalue weighted by molar-refractivity contribution is 14.0.